The van der Waals surface area contributed by atoms with Gasteiger partial charge in [0.1, 0.15) is 24.8 Å². The van der Waals surface area contributed by atoms with Crippen LogP contribution < -0.4 is 5.32 Å². The molecule has 0 amide bonds. The van der Waals surface area contributed by atoms with Crippen LogP contribution in [-0.2, 0) is 14.2 Å². The third-order valence-electron chi connectivity index (χ3n) is 2.61. The average Bonchev–Trinajstić information content (AvgIpc) is 2.40. The van der Waals surface area contributed by atoms with E-state index in [2.05, 4.69) is 11.9 Å². The van der Waals surface area contributed by atoms with Crippen LogP contribution in [0.4, 0.5) is 4.39 Å². The van der Waals surface area contributed by atoms with Crippen molar-refractivity contribution < 1.29 is 18.6 Å². The molecular formula is C14H20FNO3. The summed E-state index contributed by atoms with van der Waals surface area (Å²) in [5, 5.41) is 2.78. The normalized spacial score (nSPS) is 13.7. The largest absolute Gasteiger partial charge is 0.474 e. The van der Waals surface area contributed by atoms with Gasteiger partial charge < -0.3 is 19.5 Å². The smallest absolute Gasteiger partial charge is 0.179 e. The van der Waals surface area contributed by atoms with Gasteiger partial charge in [0.15, 0.2) is 5.88 Å². The molecule has 19 heavy (non-hydrogen) atoms. The molecule has 1 aromatic carbocycles. The zero-order valence-electron chi connectivity index (χ0n) is 11.5. The van der Waals surface area contributed by atoms with E-state index in [4.69, 9.17) is 14.2 Å². The van der Waals surface area contributed by atoms with Crippen molar-refractivity contribution in [1.29, 1.82) is 0 Å². The molecular weight excluding hydrogens is 249 g/mol. The van der Waals surface area contributed by atoms with Crippen LogP contribution in [0.5, 0.6) is 0 Å². The molecule has 0 aromatic heterocycles. The van der Waals surface area contributed by atoms with E-state index < -0.39 is 12.2 Å². The van der Waals surface area contributed by atoms with E-state index in [1.165, 1.54) is 13.2 Å². The molecule has 0 bridgehead atoms. The number of halogens is 1. The van der Waals surface area contributed by atoms with Crippen molar-refractivity contribution in [2.24, 2.45) is 0 Å². The predicted octanol–water partition coefficient (Wildman–Crippen LogP) is 2.58. The maximum absolute atomic E-state index is 13.8. The van der Waals surface area contributed by atoms with Gasteiger partial charge in [-0.2, -0.15) is 0 Å². The van der Waals surface area contributed by atoms with E-state index in [0.29, 0.717) is 11.4 Å². The number of benzene rings is 1. The number of hydrogen-bond donors (Lipinski definition) is 1. The van der Waals surface area contributed by atoms with Gasteiger partial charge in [-0.1, -0.05) is 18.2 Å². The van der Waals surface area contributed by atoms with Crippen LogP contribution in [0.3, 0.4) is 0 Å². The maximum atomic E-state index is 13.8. The SMILES string of the molecule is C=C(NC)O[C@@H](C)[C@@H](OCOC)c1ccccc1F. The monoisotopic (exact) mass is 269 g/mol. The fourth-order valence-corrected chi connectivity index (χ4v) is 1.67. The highest BCUT2D eigenvalue weighted by Crippen LogP contribution is 2.26. The fourth-order valence-electron chi connectivity index (χ4n) is 1.67. The lowest BCUT2D eigenvalue weighted by Crippen LogP contribution is -2.25. The minimum absolute atomic E-state index is 0.0543. The molecule has 106 valence electrons. The Kier molecular flexibility index (Phi) is 6.32. The van der Waals surface area contributed by atoms with Crippen molar-refractivity contribution in [2.45, 2.75) is 19.1 Å². The lowest BCUT2D eigenvalue weighted by Gasteiger charge is -2.26. The third kappa shape index (κ3) is 4.54. The molecule has 0 saturated carbocycles. The number of methoxy groups -OCH3 is 1. The standard InChI is InChI=1S/C14H20FNO3/c1-10(19-11(2)16-3)14(18-9-17-4)12-7-5-6-8-13(12)15/h5-8,10,14,16H,2,9H2,1,3-4H3/t10-,14+/m0/s1. The highest BCUT2D eigenvalue weighted by Gasteiger charge is 2.24. The second-order valence-electron chi connectivity index (χ2n) is 4.01. The Morgan fingerprint density at radius 3 is 2.68 bits per heavy atom. The van der Waals surface area contributed by atoms with Crippen molar-refractivity contribution in [1.82, 2.24) is 5.32 Å². The Morgan fingerprint density at radius 1 is 1.42 bits per heavy atom. The number of rotatable bonds is 8. The van der Waals surface area contributed by atoms with Gasteiger partial charge in [0.2, 0.25) is 0 Å². The molecule has 1 aromatic rings. The maximum Gasteiger partial charge on any atom is 0.179 e. The summed E-state index contributed by atoms with van der Waals surface area (Å²) >= 11 is 0. The average molecular weight is 269 g/mol. The van der Waals surface area contributed by atoms with E-state index in [9.17, 15) is 4.39 Å². The van der Waals surface area contributed by atoms with Crippen LogP contribution in [-0.4, -0.2) is 27.1 Å². The highest BCUT2D eigenvalue weighted by atomic mass is 19.1. The lowest BCUT2D eigenvalue weighted by molar-refractivity contribution is -0.118. The second-order valence-corrected chi connectivity index (χ2v) is 4.01. The summed E-state index contributed by atoms with van der Waals surface area (Å²) in [4.78, 5) is 0. The van der Waals surface area contributed by atoms with Crippen LogP contribution in [0.15, 0.2) is 36.7 Å². The number of nitrogens with one attached hydrogen (secondary N) is 1. The quantitative estimate of drug-likeness (QED) is 0.581. The minimum Gasteiger partial charge on any atom is -0.474 e. The first-order chi connectivity index (χ1) is 9.10. The molecule has 0 radical (unpaired) electrons. The zero-order chi connectivity index (χ0) is 14.3. The van der Waals surface area contributed by atoms with Gasteiger partial charge in [-0.25, -0.2) is 4.39 Å². The zero-order valence-corrected chi connectivity index (χ0v) is 11.5. The minimum atomic E-state index is -0.578. The van der Waals surface area contributed by atoms with Crippen LogP contribution in [0, 0.1) is 5.82 Å². The van der Waals surface area contributed by atoms with Gasteiger partial charge in [-0.3, -0.25) is 0 Å². The first-order valence-electron chi connectivity index (χ1n) is 5.98. The van der Waals surface area contributed by atoms with Gasteiger partial charge in [0.05, 0.1) is 0 Å². The predicted molar refractivity (Wildman–Crippen MR) is 70.8 cm³/mol. The van der Waals surface area contributed by atoms with Crippen molar-refractivity contribution in [2.75, 3.05) is 21.0 Å². The lowest BCUT2D eigenvalue weighted by atomic mass is 10.0. The summed E-state index contributed by atoms with van der Waals surface area (Å²) < 4.78 is 29.7. The fraction of sp³-hybridized carbons (Fsp3) is 0.429. The van der Waals surface area contributed by atoms with Crippen LogP contribution in [0.1, 0.15) is 18.6 Å². The van der Waals surface area contributed by atoms with E-state index in [-0.39, 0.29) is 12.6 Å². The molecule has 0 fully saturated rings. The molecule has 0 saturated heterocycles. The van der Waals surface area contributed by atoms with Crippen LogP contribution in [0.2, 0.25) is 0 Å². The van der Waals surface area contributed by atoms with E-state index in [1.54, 1.807) is 32.2 Å². The Balaban J connectivity index is 2.88. The Bertz CT molecular complexity index is 411. The molecule has 0 spiro atoms. The molecule has 0 aliphatic rings. The third-order valence-corrected chi connectivity index (χ3v) is 2.61. The molecule has 0 heterocycles. The summed E-state index contributed by atoms with van der Waals surface area (Å²) in [6, 6.07) is 6.43. The Hall–Kier alpha value is -1.59. The molecule has 5 heteroatoms. The summed E-state index contributed by atoms with van der Waals surface area (Å²) in [7, 11) is 3.21. The molecule has 4 nitrogen and oxygen atoms in total. The molecule has 1 N–H and O–H groups in total. The molecule has 1 rings (SSSR count). The van der Waals surface area contributed by atoms with Gasteiger partial charge in [-0.05, 0) is 19.6 Å². The van der Waals surface area contributed by atoms with E-state index in [0.717, 1.165) is 0 Å². The van der Waals surface area contributed by atoms with Crippen LogP contribution >= 0.6 is 0 Å². The van der Waals surface area contributed by atoms with Crippen molar-refractivity contribution in [3.8, 4) is 0 Å². The van der Waals surface area contributed by atoms with Crippen molar-refractivity contribution in [3.05, 3.63) is 48.1 Å². The number of ether oxygens (including phenoxy) is 3. The summed E-state index contributed by atoms with van der Waals surface area (Å²) in [6.45, 7) is 5.52. The summed E-state index contributed by atoms with van der Waals surface area (Å²) in [5.41, 5.74) is 0.427. The Labute approximate surface area is 113 Å². The highest BCUT2D eigenvalue weighted by molar-refractivity contribution is 5.21. The van der Waals surface area contributed by atoms with Gasteiger partial charge in [0.25, 0.3) is 0 Å². The van der Waals surface area contributed by atoms with Crippen LogP contribution in [0.25, 0.3) is 0 Å². The van der Waals surface area contributed by atoms with Gasteiger partial charge in [-0.15, -0.1) is 0 Å². The van der Waals surface area contributed by atoms with Gasteiger partial charge in [0, 0.05) is 19.7 Å². The summed E-state index contributed by atoms with van der Waals surface area (Å²) in [5.74, 6) is 0.0592. The van der Waals surface area contributed by atoms with Crippen molar-refractivity contribution in [3.63, 3.8) is 0 Å². The first-order valence-corrected chi connectivity index (χ1v) is 5.98. The van der Waals surface area contributed by atoms with Crippen molar-refractivity contribution >= 4 is 0 Å². The van der Waals surface area contributed by atoms with E-state index >= 15 is 0 Å². The first kappa shape index (κ1) is 15.5. The second kappa shape index (κ2) is 7.76. The molecule has 0 aliphatic carbocycles. The summed E-state index contributed by atoms with van der Waals surface area (Å²) in [6.07, 6.45) is -0.988. The van der Waals surface area contributed by atoms with E-state index in [1.807, 2.05) is 0 Å². The molecule has 2 atom stereocenters. The number of hydrogen-bond acceptors (Lipinski definition) is 4. The molecule has 0 unspecified atom stereocenters. The molecule has 0 aliphatic heterocycles. The van der Waals surface area contributed by atoms with Gasteiger partial charge >= 0.3 is 0 Å². The topological polar surface area (TPSA) is 39.7 Å². The Morgan fingerprint density at radius 2 is 2.11 bits per heavy atom.